The summed E-state index contributed by atoms with van der Waals surface area (Å²) in [5.41, 5.74) is 8.48. The summed E-state index contributed by atoms with van der Waals surface area (Å²) in [4.78, 5) is 5.21. The molecule has 1 heterocycles. The molecule has 0 fully saturated rings. The SMILES string of the molecule is Cc1cc(C)cc(-c2nc3cc(-c4ccccc4)ccc3cc2[Si](C)(C)C)c1. The van der Waals surface area contributed by atoms with Gasteiger partial charge in [-0.2, -0.15) is 0 Å². The lowest BCUT2D eigenvalue weighted by Gasteiger charge is -2.22. The minimum absolute atomic E-state index is 1.07. The van der Waals surface area contributed by atoms with Gasteiger partial charge in [0.2, 0.25) is 0 Å². The van der Waals surface area contributed by atoms with Crippen molar-refractivity contribution in [3.8, 4) is 22.4 Å². The molecule has 0 saturated carbocycles. The Morgan fingerprint density at radius 2 is 1.32 bits per heavy atom. The Hall–Kier alpha value is -2.71. The zero-order chi connectivity index (χ0) is 19.9. The van der Waals surface area contributed by atoms with Gasteiger partial charge in [0, 0.05) is 10.9 Å². The molecule has 4 aromatic rings. The first kappa shape index (κ1) is 18.6. The molecule has 28 heavy (non-hydrogen) atoms. The molecule has 3 aromatic carbocycles. The Morgan fingerprint density at radius 1 is 0.643 bits per heavy atom. The number of aromatic nitrogens is 1. The molecule has 0 spiro atoms. The molecule has 0 aliphatic heterocycles. The number of nitrogens with zero attached hydrogens (tertiary/aromatic N) is 1. The van der Waals surface area contributed by atoms with Crippen LogP contribution in [0.4, 0.5) is 0 Å². The van der Waals surface area contributed by atoms with E-state index in [0.717, 1.165) is 11.2 Å². The lowest BCUT2D eigenvalue weighted by molar-refractivity contribution is 1.35. The van der Waals surface area contributed by atoms with Gasteiger partial charge < -0.3 is 0 Å². The molecule has 0 aliphatic carbocycles. The smallest absolute Gasteiger partial charge is 0.0804 e. The Kier molecular flexibility index (Phi) is 4.68. The van der Waals surface area contributed by atoms with Crippen LogP contribution in [0.2, 0.25) is 19.6 Å². The van der Waals surface area contributed by atoms with Gasteiger partial charge in [-0.1, -0.05) is 85.4 Å². The lowest BCUT2D eigenvalue weighted by Crippen LogP contribution is -2.39. The highest BCUT2D eigenvalue weighted by Crippen LogP contribution is 2.28. The fraction of sp³-hybridized carbons (Fsp3) is 0.192. The van der Waals surface area contributed by atoms with Crippen molar-refractivity contribution in [3.05, 3.63) is 83.9 Å². The van der Waals surface area contributed by atoms with Crippen LogP contribution in [0.5, 0.6) is 0 Å². The summed E-state index contributed by atoms with van der Waals surface area (Å²) in [6, 6.07) is 26.4. The van der Waals surface area contributed by atoms with Crippen LogP contribution >= 0.6 is 0 Å². The first-order chi connectivity index (χ1) is 13.3. The second kappa shape index (κ2) is 7.03. The van der Waals surface area contributed by atoms with Crippen LogP contribution < -0.4 is 5.19 Å². The number of rotatable bonds is 3. The first-order valence-electron chi connectivity index (χ1n) is 9.91. The van der Waals surface area contributed by atoms with Crippen molar-refractivity contribution in [1.82, 2.24) is 4.98 Å². The van der Waals surface area contributed by atoms with Crippen LogP contribution in [0.1, 0.15) is 11.1 Å². The van der Waals surface area contributed by atoms with Crippen molar-refractivity contribution in [2.24, 2.45) is 0 Å². The summed E-state index contributed by atoms with van der Waals surface area (Å²) in [6.45, 7) is 11.5. The fourth-order valence-electron chi connectivity index (χ4n) is 3.88. The van der Waals surface area contributed by atoms with Gasteiger partial charge in [0.15, 0.2) is 0 Å². The van der Waals surface area contributed by atoms with E-state index >= 15 is 0 Å². The number of pyridine rings is 1. The largest absolute Gasteiger partial charge is 0.248 e. The highest BCUT2D eigenvalue weighted by Gasteiger charge is 2.23. The van der Waals surface area contributed by atoms with Crippen molar-refractivity contribution in [3.63, 3.8) is 0 Å². The zero-order valence-corrected chi connectivity index (χ0v) is 18.4. The van der Waals surface area contributed by atoms with Crippen LogP contribution in [0.15, 0.2) is 72.8 Å². The molecule has 0 saturated heterocycles. The van der Waals surface area contributed by atoms with Gasteiger partial charge in [-0.25, -0.2) is 4.98 Å². The summed E-state index contributed by atoms with van der Waals surface area (Å²) in [7, 11) is -1.55. The van der Waals surface area contributed by atoms with E-state index in [4.69, 9.17) is 4.98 Å². The summed E-state index contributed by atoms with van der Waals surface area (Å²) in [6.07, 6.45) is 0. The Labute approximate surface area is 169 Å². The van der Waals surface area contributed by atoms with Crippen molar-refractivity contribution in [2.75, 3.05) is 0 Å². The van der Waals surface area contributed by atoms with E-state index < -0.39 is 8.07 Å². The number of hydrogen-bond acceptors (Lipinski definition) is 1. The van der Waals surface area contributed by atoms with E-state index in [0.29, 0.717) is 0 Å². The fourth-order valence-corrected chi connectivity index (χ4v) is 5.38. The number of aryl methyl sites for hydroxylation is 2. The highest BCUT2D eigenvalue weighted by molar-refractivity contribution is 6.89. The Morgan fingerprint density at radius 3 is 1.96 bits per heavy atom. The molecule has 0 amide bonds. The van der Waals surface area contributed by atoms with E-state index in [2.05, 4.69) is 106 Å². The monoisotopic (exact) mass is 381 g/mol. The third kappa shape index (κ3) is 3.65. The number of benzene rings is 3. The Balaban J connectivity index is 1.97. The minimum atomic E-state index is -1.55. The van der Waals surface area contributed by atoms with Crippen LogP contribution in [0.25, 0.3) is 33.3 Å². The normalized spacial score (nSPS) is 11.8. The summed E-state index contributed by atoms with van der Waals surface area (Å²) < 4.78 is 0. The zero-order valence-electron chi connectivity index (χ0n) is 17.4. The number of hydrogen-bond donors (Lipinski definition) is 0. The first-order valence-corrected chi connectivity index (χ1v) is 13.4. The maximum atomic E-state index is 5.21. The van der Waals surface area contributed by atoms with Crippen molar-refractivity contribution < 1.29 is 0 Å². The summed E-state index contributed by atoms with van der Waals surface area (Å²) in [5.74, 6) is 0. The van der Waals surface area contributed by atoms with Gasteiger partial charge >= 0.3 is 0 Å². The van der Waals surface area contributed by atoms with Crippen molar-refractivity contribution >= 4 is 24.2 Å². The predicted molar refractivity (Wildman–Crippen MR) is 125 cm³/mol. The van der Waals surface area contributed by atoms with Crippen LogP contribution in [-0.2, 0) is 0 Å². The molecule has 0 bridgehead atoms. The van der Waals surface area contributed by atoms with E-state index in [1.807, 2.05) is 0 Å². The van der Waals surface area contributed by atoms with Gasteiger partial charge in [0.25, 0.3) is 0 Å². The highest BCUT2D eigenvalue weighted by atomic mass is 28.3. The standard InChI is InChI=1S/C26H27NSi/c1-18-13-19(2)15-23(14-18)26-25(28(3,4)5)17-22-12-11-21(16-24(22)27-26)20-9-7-6-8-10-20/h6-17H,1-5H3. The molecule has 0 atom stereocenters. The topological polar surface area (TPSA) is 12.9 Å². The van der Waals surface area contributed by atoms with Gasteiger partial charge in [-0.3, -0.25) is 0 Å². The van der Waals surface area contributed by atoms with Gasteiger partial charge in [0.05, 0.1) is 19.3 Å². The van der Waals surface area contributed by atoms with E-state index in [1.54, 1.807) is 0 Å². The molecule has 0 N–H and O–H groups in total. The summed E-state index contributed by atoms with van der Waals surface area (Å²) in [5, 5.41) is 2.66. The number of fused-ring (bicyclic) bond motifs is 1. The van der Waals surface area contributed by atoms with Crippen molar-refractivity contribution in [1.29, 1.82) is 0 Å². The average molecular weight is 382 g/mol. The van der Waals surface area contributed by atoms with Gasteiger partial charge in [0.1, 0.15) is 0 Å². The molecule has 0 unspecified atom stereocenters. The third-order valence-corrected chi connectivity index (χ3v) is 7.23. The van der Waals surface area contributed by atoms with Crippen LogP contribution in [0.3, 0.4) is 0 Å². The van der Waals surface area contributed by atoms with E-state index in [1.165, 1.54) is 38.4 Å². The lowest BCUT2D eigenvalue weighted by atomic mass is 10.0. The molecule has 0 radical (unpaired) electrons. The third-order valence-electron chi connectivity index (χ3n) is 5.23. The minimum Gasteiger partial charge on any atom is -0.248 e. The summed E-state index contributed by atoms with van der Waals surface area (Å²) >= 11 is 0. The average Bonchev–Trinajstić information content (AvgIpc) is 2.66. The predicted octanol–water partition coefficient (Wildman–Crippen LogP) is 6.73. The quantitative estimate of drug-likeness (QED) is 0.358. The molecule has 1 aromatic heterocycles. The molecule has 0 aliphatic rings. The molecular weight excluding hydrogens is 354 g/mol. The Bertz CT molecular complexity index is 1130. The van der Waals surface area contributed by atoms with E-state index in [9.17, 15) is 0 Å². The molecule has 140 valence electrons. The van der Waals surface area contributed by atoms with Crippen LogP contribution in [-0.4, -0.2) is 13.1 Å². The van der Waals surface area contributed by atoms with Crippen molar-refractivity contribution in [2.45, 2.75) is 33.5 Å². The maximum absolute atomic E-state index is 5.21. The van der Waals surface area contributed by atoms with E-state index in [-0.39, 0.29) is 0 Å². The van der Waals surface area contributed by atoms with Gasteiger partial charge in [-0.15, -0.1) is 0 Å². The second-order valence-electron chi connectivity index (χ2n) is 8.78. The molecular formula is C26H27NSi. The van der Waals surface area contributed by atoms with Gasteiger partial charge in [-0.05, 0) is 48.4 Å². The molecule has 2 heteroatoms. The second-order valence-corrected chi connectivity index (χ2v) is 13.8. The maximum Gasteiger partial charge on any atom is 0.0804 e. The molecule has 1 nitrogen and oxygen atoms in total. The van der Waals surface area contributed by atoms with Crippen LogP contribution in [0, 0.1) is 13.8 Å². The molecule has 4 rings (SSSR count).